The van der Waals surface area contributed by atoms with Crippen LogP contribution in [0.15, 0.2) is 12.3 Å². The summed E-state index contributed by atoms with van der Waals surface area (Å²) in [5, 5.41) is 8.31. The summed E-state index contributed by atoms with van der Waals surface area (Å²) in [6, 6.07) is 0. The van der Waals surface area contributed by atoms with Crippen molar-refractivity contribution < 1.29 is 15.0 Å². The summed E-state index contributed by atoms with van der Waals surface area (Å²) in [5.74, 6) is -0.338. The number of nitrogens with zero attached hydrogens (tertiary/aromatic N) is 1. The van der Waals surface area contributed by atoms with Gasteiger partial charge in [0.15, 0.2) is 11.5 Å². The molecule has 1 heterocycles. The lowest BCUT2D eigenvalue weighted by Gasteiger charge is -2.23. The van der Waals surface area contributed by atoms with Crippen molar-refractivity contribution in [2.45, 2.75) is 40.0 Å². The first-order valence-electron chi connectivity index (χ1n) is 7.59. The second-order valence-electron chi connectivity index (χ2n) is 6.07. The van der Waals surface area contributed by atoms with Crippen LogP contribution in [0.2, 0.25) is 0 Å². The zero-order valence-corrected chi connectivity index (χ0v) is 13.3. The largest absolute Gasteiger partial charge is 0.334 e. The Morgan fingerprint density at radius 1 is 1.45 bits per heavy atom. The maximum Gasteiger partial charge on any atom is 0.293 e. The molecule has 6 heteroatoms. The Kier molecular flexibility index (Phi) is 4.90. The van der Waals surface area contributed by atoms with E-state index in [0.29, 0.717) is 5.69 Å². The topological polar surface area (TPSA) is 100 Å². The Bertz CT molecular complexity index is 624. The molecule has 2 rings (SSSR count). The lowest BCUT2D eigenvalue weighted by atomic mass is 9.85. The summed E-state index contributed by atoms with van der Waals surface area (Å²) in [6.07, 6.45) is 6.19. The number of hydrogen-bond acceptors (Lipinski definition) is 3. The molecule has 0 aliphatic heterocycles. The van der Waals surface area contributed by atoms with Crippen LogP contribution in [-0.2, 0) is 4.79 Å². The highest BCUT2D eigenvalue weighted by atomic mass is 16.2. The molecule has 1 aliphatic rings. The smallest absolute Gasteiger partial charge is 0.293 e. The van der Waals surface area contributed by atoms with Crippen LogP contribution in [0.1, 0.15) is 56.3 Å². The number of hydrogen-bond donors (Lipinski definition) is 3. The third kappa shape index (κ3) is 3.69. The quantitative estimate of drug-likeness (QED) is 0.552. The molecule has 6 nitrogen and oxygen atoms in total. The van der Waals surface area contributed by atoms with Crippen LogP contribution >= 0.6 is 0 Å². The fourth-order valence-electron chi connectivity index (χ4n) is 2.08. The van der Waals surface area contributed by atoms with Crippen molar-refractivity contribution in [1.82, 2.24) is 15.3 Å². The van der Waals surface area contributed by atoms with Gasteiger partial charge in [-0.25, -0.2) is 4.98 Å². The Morgan fingerprint density at radius 3 is 2.68 bits per heavy atom. The molecule has 0 aromatic carbocycles. The summed E-state index contributed by atoms with van der Waals surface area (Å²) >= 11 is 0. The van der Waals surface area contributed by atoms with E-state index in [1.165, 1.54) is 0 Å². The molecule has 0 spiro atoms. The van der Waals surface area contributed by atoms with Crippen molar-refractivity contribution in [3.05, 3.63) is 23.8 Å². The predicted octanol–water partition coefficient (Wildman–Crippen LogP) is 0.726. The first-order valence-corrected chi connectivity index (χ1v) is 7.59. The van der Waals surface area contributed by atoms with E-state index in [1.54, 1.807) is 6.20 Å². The molecule has 1 aromatic heterocycles. The maximum atomic E-state index is 12.0. The van der Waals surface area contributed by atoms with Crippen molar-refractivity contribution in [2.75, 3.05) is 0 Å². The number of rotatable bonds is 5. The molecule has 1 aromatic rings. The predicted molar refractivity (Wildman–Crippen MR) is 83.8 cm³/mol. The third-order valence-corrected chi connectivity index (χ3v) is 3.98. The van der Waals surface area contributed by atoms with Gasteiger partial charge in [0.1, 0.15) is 0 Å². The molecule has 2 amide bonds. The van der Waals surface area contributed by atoms with E-state index in [4.69, 9.17) is 5.41 Å². The number of amides is 2. The van der Waals surface area contributed by atoms with E-state index in [1.807, 2.05) is 26.8 Å². The Balaban J connectivity index is 2.02. The van der Waals surface area contributed by atoms with Gasteiger partial charge in [-0.3, -0.25) is 20.3 Å². The number of imide groups is 1. The number of carbonyl (C=O) groups is 2. The molecular formula is C16H23N4O2+. The van der Waals surface area contributed by atoms with Gasteiger partial charge >= 0.3 is 0 Å². The summed E-state index contributed by atoms with van der Waals surface area (Å²) in [4.78, 5) is 30.7. The minimum Gasteiger partial charge on any atom is -0.334 e. The number of allylic oxidation sites excluding steroid dienone is 2. The fraction of sp³-hybridized carbons (Fsp3) is 0.500. The summed E-state index contributed by atoms with van der Waals surface area (Å²) in [5.41, 5.74) is 2.37. The first-order chi connectivity index (χ1) is 10.4. The van der Waals surface area contributed by atoms with Crippen LogP contribution in [0, 0.1) is 11.8 Å². The standard InChI is InChI=1S/C16H22N4O2/c1-9(2)12(17)7-10(3)13-8-18-14(19-13)16(22)20-15(21)11-5-4-6-11/h7-9,11,17H,4-6H2,1-3H3,(H,18,19)(H,20,21,22)/p+1/b10-7-,17-12?. The average molecular weight is 303 g/mol. The molecule has 0 unspecified atom stereocenters. The van der Waals surface area contributed by atoms with Gasteiger partial charge < -0.3 is 4.98 Å². The zero-order chi connectivity index (χ0) is 16.3. The Morgan fingerprint density at radius 2 is 2.14 bits per heavy atom. The van der Waals surface area contributed by atoms with Gasteiger partial charge in [-0.1, -0.05) is 20.3 Å². The van der Waals surface area contributed by atoms with Crippen LogP contribution in [0.3, 0.4) is 0 Å². The van der Waals surface area contributed by atoms with Crippen LogP contribution in [0.25, 0.3) is 5.57 Å². The number of imidazole rings is 1. The summed E-state index contributed by atoms with van der Waals surface area (Å²) < 4.78 is 0. The number of nitrogens with two attached hydrogens (primary N) is 1. The molecule has 4 N–H and O–H groups in total. The second-order valence-corrected chi connectivity index (χ2v) is 6.07. The van der Waals surface area contributed by atoms with Crippen molar-refractivity contribution in [3.8, 4) is 0 Å². The molecule has 0 bridgehead atoms. The average Bonchev–Trinajstić information content (AvgIpc) is 2.85. The van der Waals surface area contributed by atoms with E-state index in [-0.39, 0.29) is 23.6 Å². The maximum absolute atomic E-state index is 12.0. The van der Waals surface area contributed by atoms with Gasteiger partial charge in [-0.05, 0) is 25.3 Å². The van der Waals surface area contributed by atoms with Crippen molar-refractivity contribution in [3.63, 3.8) is 0 Å². The zero-order valence-electron chi connectivity index (χ0n) is 13.3. The monoisotopic (exact) mass is 303 g/mol. The summed E-state index contributed by atoms with van der Waals surface area (Å²) in [6.45, 7) is 5.91. The molecule has 22 heavy (non-hydrogen) atoms. The van der Waals surface area contributed by atoms with Crippen molar-refractivity contribution >= 4 is 23.1 Å². The number of nitrogens with one attached hydrogen (secondary N) is 2. The van der Waals surface area contributed by atoms with E-state index < -0.39 is 5.91 Å². The molecule has 1 aliphatic carbocycles. The van der Waals surface area contributed by atoms with Crippen molar-refractivity contribution in [2.24, 2.45) is 11.8 Å². The van der Waals surface area contributed by atoms with Gasteiger partial charge in [0.25, 0.3) is 5.91 Å². The molecule has 1 saturated carbocycles. The minimum absolute atomic E-state index is 0.0274. The van der Waals surface area contributed by atoms with Crippen LogP contribution in [0.5, 0.6) is 0 Å². The molecular weight excluding hydrogens is 280 g/mol. The highest BCUT2D eigenvalue weighted by Gasteiger charge is 2.27. The van der Waals surface area contributed by atoms with E-state index in [0.717, 1.165) is 30.5 Å². The molecule has 0 saturated heterocycles. The number of H-pyrrole nitrogens is 1. The third-order valence-electron chi connectivity index (χ3n) is 3.98. The number of aromatic amines is 1. The molecule has 118 valence electrons. The van der Waals surface area contributed by atoms with Crippen molar-refractivity contribution in [1.29, 1.82) is 0 Å². The fourth-order valence-corrected chi connectivity index (χ4v) is 2.08. The normalized spacial score (nSPS) is 15.5. The second kappa shape index (κ2) is 6.68. The Labute approximate surface area is 129 Å². The molecule has 0 atom stereocenters. The summed E-state index contributed by atoms with van der Waals surface area (Å²) in [7, 11) is 0. The number of carbonyl (C=O) groups excluding carboxylic acids is 2. The van der Waals surface area contributed by atoms with Gasteiger partial charge in [0.05, 0.1) is 11.9 Å². The van der Waals surface area contributed by atoms with Crippen LogP contribution in [0.4, 0.5) is 0 Å². The lowest BCUT2D eigenvalue weighted by molar-refractivity contribution is -0.126. The van der Waals surface area contributed by atoms with E-state index in [9.17, 15) is 9.59 Å². The first kappa shape index (κ1) is 16.1. The SMILES string of the molecule is C/C(=C/C(=[NH2+])C(C)C)c1cnc(C(=O)NC(=O)C2CCC2)[nH]1. The molecule has 0 radical (unpaired) electrons. The van der Waals surface area contributed by atoms with Gasteiger partial charge in [0, 0.05) is 17.9 Å². The Hall–Kier alpha value is -2.24. The van der Waals surface area contributed by atoms with E-state index >= 15 is 0 Å². The van der Waals surface area contributed by atoms with E-state index in [2.05, 4.69) is 15.3 Å². The van der Waals surface area contributed by atoms with Gasteiger partial charge in [0.2, 0.25) is 5.91 Å². The van der Waals surface area contributed by atoms with Crippen LogP contribution < -0.4 is 10.7 Å². The highest BCUT2D eigenvalue weighted by molar-refractivity contribution is 6.03. The highest BCUT2D eigenvalue weighted by Crippen LogP contribution is 2.26. The van der Waals surface area contributed by atoms with Gasteiger partial charge in [-0.2, -0.15) is 0 Å². The lowest BCUT2D eigenvalue weighted by Crippen LogP contribution is -2.41. The van der Waals surface area contributed by atoms with Gasteiger partial charge in [-0.15, -0.1) is 0 Å². The number of aromatic nitrogens is 2. The molecule has 1 fully saturated rings. The minimum atomic E-state index is -0.489. The van der Waals surface area contributed by atoms with Crippen LogP contribution in [-0.4, -0.2) is 27.5 Å².